The number of hydrogen-bond donors (Lipinski definition) is 0. The number of Topliss-reactive ketones (excluding diaryl/α,β-unsaturated/α-hetero) is 1. The number of pyridine rings is 1. The van der Waals surface area contributed by atoms with E-state index in [1.807, 2.05) is 6.92 Å². The van der Waals surface area contributed by atoms with Gasteiger partial charge in [-0.3, -0.25) is 4.79 Å². The summed E-state index contributed by atoms with van der Waals surface area (Å²) >= 11 is 0. The predicted octanol–water partition coefficient (Wildman–Crippen LogP) is 1.70. The van der Waals surface area contributed by atoms with E-state index in [1.54, 1.807) is 19.2 Å². The number of carbonyl (C=O) groups is 1. The fraction of sp³-hybridized carbons (Fsp3) is 0.455. The van der Waals surface area contributed by atoms with Crippen LogP contribution in [0.3, 0.4) is 0 Å². The number of ether oxygens (including phenoxy) is 2. The van der Waals surface area contributed by atoms with Crippen LogP contribution in [0.15, 0.2) is 18.3 Å². The van der Waals surface area contributed by atoms with Crippen LogP contribution in [0.25, 0.3) is 0 Å². The lowest BCUT2D eigenvalue weighted by atomic mass is 10.2. The van der Waals surface area contributed by atoms with Crippen LogP contribution in [-0.4, -0.2) is 30.6 Å². The molecule has 0 aromatic carbocycles. The van der Waals surface area contributed by atoms with Crippen LogP contribution in [0, 0.1) is 0 Å². The molecule has 1 unspecified atom stereocenters. The van der Waals surface area contributed by atoms with Gasteiger partial charge in [0.05, 0.1) is 6.61 Å². The molecular formula is C11H15NO3. The molecule has 0 aliphatic heterocycles. The van der Waals surface area contributed by atoms with Crippen LogP contribution in [0.5, 0.6) is 5.88 Å². The number of ketones is 1. The van der Waals surface area contributed by atoms with Gasteiger partial charge in [0.1, 0.15) is 6.10 Å². The SMILES string of the molecule is COCC(C)Oc1ccc(C(C)=O)cn1. The molecule has 4 heteroatoms. The maximum absolute atomic E-state index is 11.0. The first-order valence-electron chi connectivity index (χ1n) is 4.76. The summed E-state index contributed by atoms with van der Waals surface area (Å²) in [6.45, 7) is 3.91. The molecule has 1 atom stereocenters. The number of aromatic nitrogens is 1. The van der Waals surface area contributed by atoms with E-state index in [4.69, 9.17) is 9.47 Å². The lowest BCUT2D eigenvalue weighted by Crippen LogP contribution is -2.18. The Morgan fingerprint density at radius 2 is 2.27 bits per heavy atom. The minimum absolute atomic E-state index is 0.000935. The highest BCUT2D eigenvalue weighted by atomic mass is 16.5. The lowest BCUT2D eigenvalue weighted by Gasteiger charge is -2.12. The van der Waals surface area contributed by atoms with Gasteiger partial charge in [-0.2, -0.15) is 0 Å². The molecule has 4 nitrogen and oxygen atoms in total. The smallest absolute Gasteiger partial charge is 0.213 e. The summed E-state index contributed by atoms with van der Waals surface area (Å²) in [4.78, 5) is 15.0. The fourth-order valence-corrected chi connectivity index (χ4v) is 1.13. The van der Waals surface area contributed by atoms with Gasteiger partial charge in [-0.1, -0.05) is 0 Å². The van der Waals surface area contributed by atoms with Gasteiger partial charge in [-0.15, -0.1) is 0 Å². The maximum Gasteiger partial charge on any atom is 0.213 e. The zero-order valence-corrected chi connectivity index (χ0v) is 9.19. The Bertz CT molecular complexity index is 321. The maximum atomic E-state index is 11.0. The first kappa shape index (κ1) is 11.7. The Hall–Kier alpha value is -1.42. The van der Waals surface area contributed by atoms with E-state index in [9.17, 15) is 4.79 Å². The predicted molar refractivity (Wildman–Crippen MR) is 56.2 cm³/mol. The van der Waals surface area contributed by atoms with Crippen molar-refractivity contribution < 1.29 is 14.3 Å². The topological polar surface area (TPSA) is 48.4 Å². The highest BCUT2D eigenvalue weighted by Crippen LogP contribution is 2.09. The average molecular weight is 209 g/mol. The van der Waals surface area contributed by atoms with E-state index < -0.39 is 0 Å². The van der Waals surface area contributed by atoms with Gasteiger partial charge < -0.3 is 9.47 Å². The molecule has 0 fully saturated rings. The molecular weight excluding hydrogens is 194 g/mol. The van der Waals surface area contributed by atoms with E-state index >= 15 is 0 Å². The van der Waals surface area contributed by atoms with Gasteiger partial charge in [-0.05, 0) is 19.9 Å². The summed E-state index contributed by atoms with van der Waals surface area (Å²) in [7, 11) is 1.62. The van der Waals surface area contributed by atoms with Gasteiger partial charge in [0.15, 0.2) is 5.78 Å². The molecule has 1 rings (SSSR count). The third kappa shape index (κ3) is 3.67. The number of methoxy groups -OCH3 is 1. The summed E-state index contributed by atoms with van der Waals surface area (Å²) in [5.74, 6) is 0.503. The summed E-state index contributed by atoms with van der Waals surface area (Å²) in [6.07, 6.45) is 1.46. The zero-order valence-electron chi connectivity index (χ0n) is 9.19. The molecule has 82 valence electrons. The number of rotatable bonds is 5. The first-order chi connectivity index (χ1) is 7.13. The molecule has 0 spiro atoms. The van der Waals surface area contributed by atoms with Gasteiger partial charge >= 0.3 is 0 Å². The molecule has 1 heterocycles. The number of nitrogens with zero attached hydrogens (tertiary/aromatic N) is 1. The molecule has 0 saturated carbocycles. The van der Waals surface area contributed by atoms with Gasteiger partial charge in [-0.25, -0.2) is 4.98 Å². The Morgan fingerprint density at radius 1 is 1.53 bits per heavy atom. The van der Waals surface area contributed by atoms with Gasteiger partial charge in [0.2, 0.25) is 5.88 Å². The summed E-state index contributed by atoms with van der Waals surface area (Å²) in [5, 5.41) is 0. The average Bonchev–Trinajstić information content (AvgIpc) is 2.18. The Kier molecular flexibility index (Phi) is 4.24. The molecule has 15 heavy (non-hydrogen) atoms. The van der Waals surface area contributed by atoms with Crippen LogP contribution >= 0.6 is 0 Å². The molecule has 1 aromatic heterocycles. The quantitative estimate of drug-likeness (QED) is 0.692. The minimum Gasteiger partial charge on any atom is -0.472 e. The largest absolute Gasteiger partial charge is 0.472 e. The second-order valence-electron chi connectivity index (χ2n) is 3.33. The van der Waals surface area contributed by atoms with E-state index in [0.717, 1.165) is 0 Å². The minimum atomic E-state index is -0.0503. The van der Waals surface area contributed by atoms with Crippen molar-refractivity contribution in [3.05, 3.63) is 23.9 Å². The third-order valence-electron chi connectivity index (χ3n) is 1.87. The van der Waals surface area contributed by atoms with Crippen molar-refractivity contribution in [3.63, 3.8) is 0 Å². The summed E-state index contributed by atoms with van der Waals surface area (Å²) in [6, 6.07) is 3.38. The van der Waals surface area contributed by atoms with Crippen molar-refractivity contribution in [1.29, 1.82) is 0 Å². The van der Waals surface area contributed by atoms with Gasteiger partial charge in [0.25, 0.3) is 0 Å². The Labute approximate surface area is 89.2 Å². The molecule has 1 aromatic rings. The number of hydrogen-bond acceptors (Lipinski definition) is 4. The van der Waals surface area contributed by atoms with E-state index in [0.29, 0.717) is 18.1 Å². The van der Waals surface area contributed by atoms with E-state index in [1.165, 1.54) is 13.1 Å². The van der Waals surface area contributed by atoms with Crippen LogP contribution in [0.2, 0.25) is 0 Å². The Morgan fingerprint density at radius 3 is 2.73 bits per heavy atom. The lowest BCUT2D eigenvalue weighted by molar-refractivity contribution is 0.0889. The van der Waals surface area contributed by atoms with Crippen molar-refractivity contribution in [2.24, 2.45) is 0 Å². The molecule has 0 bridgehead atoms. The highest BCUT2D eigenvalue weighted by molar-refractivity contribution is 5.93. The highest BCUT2D eigenvalue weighted by Gasteiger charge is 2.05. The normalized spacial score (nSPS) is 12.2. The van der Waals surface area contributed by atoms with Crippen molar-refractivity contribution in [2.45, 2.75) is 20.0 Å². The van der Waals surface area contributed by atoms with Crippen molar-refractivity contribution in [2.75, 3.05) is 13.7 Å². The van der Waals surface area contributed by atoms with Crippen molar-refractivity contribution in [1.82, 2.24) is 4.98 Å². The molecule has 0 amide bonds. The van der Waals surface area contributed by atoms with Gasteiger partial charge in [0, 0.05) is 24.9 Å². The van der Waals surface area contributed by atoms with E-state index in [-0.39, 0.29) is 11.9 Å². The zero-order chi connectivity index (χ0) is 11.3. The third-order valence-corrected chi connectivity index (χ3v) is 1.87. The second kappa shape index (κ2) is 5.46. The van der Waals surface area contributed by atoms with Crippen LogP contribution in [0.1, 0.15) is 24.2 Å². The molecule has 0 radical (unpaired) electrons. The number of carbonyl (C=O) groups excluding carboxylic acids is 1. The monoisotopic (exact) mass is 209 g/mol. The van der Waals surface area contributed by atoms with Crippen molar-refractivity contribution >= 4 is 5.78 Å². The molecule has 0 saturated heterocycles. The standard InChI is InChI=1S/C11H15NO3/c1-8(7-14-3)15-11-5-4-10(6-12-11)9(2)13/h4-6,8H,7H2,1-3H3. The van der Waals surface area contributed by atoms with Crippen molar-refractivity contribution in [3.8, 4) is 5.88 Å². The summed E-state index contributed by atoms with van der Waals surface area (Å²) < 4.78 is 10.4. The first-order valence-corrected chi connectivity index (χ1v) is 4.76. The Balaban J connectivity index is 2.60. The van der Waals surface area contributed by atoms with Crippen LogP contribution < -0.4 is 4.74 Å². The van der Waals surface area contributed by atoms with Crippen LogP contribution in [0.4, 0.5) is 0 Å². The fourth-order valence-electron chi connectivity index (χ4n) is 1.13. The molecule has 0 aliphatic carbocycles. The molecule has 0 aliphatic rings. The van der Waals surface area contributed by atoms with E-state index in [2.05, 4.69) is 4.98 Å². The van der Waals surface area contributed by atoms with Crippen LogP contribution in [-0.2, 0) is 4.74 Å². The second-order valence-corrected chi connectivity index (χ2v) is 3.33. The molecule has 0 N–H and O–H groups in total. The summed E-state index contributed by atoms with van der Waals surface area (Å²) in [5.41, 5.74) is 0.585.